The van der Waals surface area contributed by atoms with E-state index < -0.39 is 23.1 Å². The Morgan fingerprint density at radius 3 is 2.24 bits per heavy atom. The summed E-state index contributed by atoms with van der Waals surface area (Å²) in [5.41, 5.74) is -1.20. The van der Waals surface area contributed by atoms with Crippen LogP contribution in [-0.2, 0) is 6.18 Å². The van der Waals surface area contributed by atoms with Crippen molar-refractivity contribution in [3.05, 3.63) is 58.4 Å². The molecule has 2 aromatic rings. The van der Waals surface area contributed by atoms with Gasteiger partial charge in [0.25, 0.3) is 0 Å². The van der Waals surface area contributed by atoms with Crippen molar-refractivity contribution in [3.8, 4) is 6.07 Å². The average molecular weight is 315 g/mol. The smallest absolute Gasteiger partial charge is 0.355 e. The Morgan fingerprint density at radius 1 is 1.05 bits per heavy atom. The monoisotopic (exact) mass is 314 g/mol. The zero-order chi connectivity index (χ0) is 15.6. The van der Waals surface area contributed by atoms with Gasteiger partial charge in [-0.1, -0.05) is 11.6 Å². The molecular weight excluding hydrogens is 308 g/mol. The highest BCUT2D eigenvalue weighted by Crippen LogP contribution is 2.34. The molecule has 0 saturated carbocycles. The molecule has 2 aromatic carbocycles. The summed E-state index contributed by atoms with van der Waals surface area (Å²) >= 11 is 5.52. The molecule has 21 heavy (non-hydrogen) atoms. The molecule has 0 heterocycles. The van der Waals surface area contributed by atoms with Crippen molar-refractivity contribution >= 4 is 23.0 Å². The van der Waals surface area contributed by atoms with E-state index in [1.807, 2.05) is 0 Å². The predicted octanol–water partition coefficient (Wildman–Crippen LogP) is 5.11. The number of hydrogen-bond acceptors (Lipinski definition) is 2. The van der Waals surface area contributed by atoms with Crippen LogP contribution in [0.5, 0.6) is 0 Å². The summed E-state index contributed by atoms with van der Waals surface area (Å²) in [5.74, 6) is -0.689. The van der Waals surface area contributed by atoms with E-state index in [4.69, 9.17) is 16.9 Å². The molecular formula is C14H7ClF4N2. The van der Waals surface area contributed by atoms with Crippen molar-refractivity contribution < 1.29 is 17.6 Å². The van der Waals surface area contributed by atoms with E-state index >= 15 is 0 Å². The molecule has 0 aromatic heterocycles. The first-order valence-electron chi connectivity index (χ1n) is 5.64. The molecule has 108 valence electrons. The van der Waals surface area contributed by atoms with Gasteiger partial charge in [0, 0.05) is 11.4 Å². The van der Waals surface area contributed by atoms with E-state index in [1.165, 1.54) is 24.3 Å². The van der Waals surface area contributed by atoms with E-state index in [9.17, 15) is 17.6 Å². The molecule has 2 rings (SSSR count). The maximum absolute atomic E-state index is 13.3. The predicted molar refractivity (Wildman–Crippen MR) is 70.9 cm³/mol. The second kappa shape index (κ2) is 5.62. The topological polar surface area (TPSA) is 35.8 Å². The lowest BCUT2D eigenvalue weighted by Crippen LogP contribution is -2.08. The summed E-state index contributed by atoms with van der Waals surface area (Å²) in [6.07, 6.45) is -4.64. The Balaban J connectivity index is 2.37. The van der Waals surface area contributed by atoms with Gasteiger partial charge in [-0.25, -0.2) is 4.39 Å². The number of halogens is 5. The number of anilines is 2. The molecule has 0 saturated heterocycles. The van der Waals surface area contributed by atoms with Gasteiger partial charge in [0.2, 0.25) is 0 Å². The molecule has 0 bridgehead atoms. The fourth-order valence-corrected chi connectivity index (χ4v) is 1.81. The molecule has 0 radical (unpaired) electrons. The van der Waals surface area contributed by atoms with Crippen LogP contribution in [-0.4, -0.2) is 0 Å². The Hall–Kier alpha value is -2.26. The molecule has 0 aliphatic rings. The summed E-state index contributed by atoms with van der Waals surface area (Å²) < 4.78 is 51.7. The summed E-state index contributed by atoms with van der Waals surface area (Å²) in [7, 11) is 0. The van der Waals surface area contributed by atoms with Gasteiger partial charge in [0.05, 0.1) is 22.2 Å². The minimum absolute atomic E-state index is 0.0862. The number of rotatable bonds is 2. The van der Waals surface area contributed by atoms with E-state index in [2.05, 4.69) is 5.32 Å². The highest BCUT2D eigenvalue weighted by molar-refractivity contribution is 6.30. The number of nitrogens with one attached hydrogen (secondary N) is 1. The quantitative estimate of drug-likeness (QED) is 0.782. The zero-order valence-corrected chi connectivity index (χ0v) is 11.1. The third-order valence-electron chi connectivity index (χ3n) is 2.65. The number of benzene rings is 2. The van der Waals surface area contributed by atoms with Gasteiger partial charge in [-0.2, -0.15) is 18.4 Å². The number of nitriles is 1. The van der Waals surface area contributed by atoms with E-state index in [0.717, 1.165) is 18.2 Å². The van der Waals surface area contributed by atoms with Crippen molar-refractivity contribution in [1.82, 2.24) is 0 Å². The van der Waals surface area contributed by atoms with Gasteiger partial charge < -0.3 is 5.32 Å². The van der Waals surface area contributed by atoms with Gasteiger partial charge in [-0.15, -0.1) is 0 Å². The largest absolute Gasteiger partial charge is 0.417 e. The Bertz CT molecular complexity index is 720. The standard InChI is InChI=1S/C14H7ClF4N2/c15-12-4-3-10(6-13(12)16)21-9-2-1-8(7-20)11(5-9)14(17,18)19/h1-6,21H. The van der Waals surface area contributed by atoms with Crippen molar-refractivity contribution in [2.24, 2.45) is 0 Å². The van der Waals surface area contributed by atoms with E-state index in [-0.39, 0.29) is 16.4 Å². The van der Waals surface area contributed by atoms with Crippen molar-refractivity contribution in [1.29, 1.82) is 5.26 Å². The van der Waals surface area contributed by atoms with Crippen LogP contribution < -0.4 is 5.32 Å². The zero-order valence-electron chi connectivity index (χ0n) is 10.3. The summed E-state index contributed by atoms with van der Waals surface area (Å²) in [5, 5.41) is 11.2. The van der Waals surface area contributed by atoms with Crippen LogP contribution in [0.15, 0.2) is 36.4 Å². The Labute approximate surface area is 122 Å². The maximum Gasteiger partial charge on any atom is 0.417 e. The third-order valence-corrected chi connectivity index (χ3v) is 2.96. The van der Waals surface area contributed by atoms with Crippen LogP contribution in [0.3, 0.4) is 0 Å². The number of nitrogens with zero attached hydrogens (tertiary/aromatic N) is 1. The van der Waals surface area contributed by atoms with Crippen molar-refractivity contribution in [2.75, 3.05) is 5.32 Å². The molecule has 1 N–H and O–H groups in total. The molecule has 0 fully saturated rings. The average Bonchev–Trinajstić information content (AvgIpc) is 2.42. The lowest BCUT2D eigenvalue weighted by Gasteiger charge is -2.12. The van der Waals surface area contributed by atoms with E-state index in [1.54, 1.807) is 0 Å². The molecule has 0 unspecified atom stereocenters. The fraction of sp³-hybridized carbons (Fsp3) is 0.0714. The molecule has 0 amide bonds. The second-order valence-corrected chi connectivity index (χ2v) is 4.53. The van der Waals surface area contributed by atoms with Crippen LogP contribution in [0.1, 0.15) is 11.1 Å². The summed E-state index contributed by atoms with van der Waals surface area (Å²) in [6, 6.07) is 8.42. The van der Waals surface area contributed by atoms with Gasteiger partial charge in [-0.3, -0.25) is 0 Å². The molecule has 0 aliphatic carbocycles. The number of alkyl halides is 3. The summed E-state index contributed by atoms with van der Waals surface area (Å²) in [4.78, 5) is 0. The van der Waals surface area contributed by atoms with Gasteiger partial charge >= 0.3 is 6.18 Å². The van der Waals surface area contributed by atoms with Crippen LogP contribution in [0.25, 0.3) is 0 Å². The molecule has 0 aliphatic heterocycles. The Morgan fingerprint density at radius 2 is 1.67 bits per heavy atom. The first-order valence-corrected chi connectivity index (χ1v) is 6.02. The highest BCUT2D eigenvalue weighted by atomic mass is 35.5. The molecule has 7 heteroatoms. The van der Waals surface area contributed by atoms with E-state index in [0.29, 0.717) is 0 Å². The third kappa shape index (κ3) is 3.44. The normalized spacial score (nSPS) is 11.0. The SMILES string of the molecule is N#Cc1ccc(Nc2ccc(Cl)c(F)c2)cc1C(F)(F)F. The first kappa shape index (κ1) is 15.1. The van der Waals surface area contributed by atoms with Crippen LogP contribution in [0.4, 0.5) is 28.9 Å². The lowest BCUT2D eigenvalue weighted by atomic mass is 10.1. The minimum Gasteiger partial charge on any atom is -0.355 e. The summed E-state index contributed by atoms with van der Waals surface area (Å²) in [6.45, 7) is 0. The van der Waals surface area contributed by atoms with Gasteiger partial charge in [0.1, 0.15) is 5.82 Å². The minimum atomic E-state index is -4.64. The molecule has 0 spiro atoms. The maximum atomic E-state index is 13.3. The Kier molecular flexibility index (Phi) is 4.05. The van der Waals surface area contributed by atoms with Gasteiger partial charge in [0.15, 0.2) is 0 Å². The molecule has 0 atom stereocenters. The van der Waals surface area contributed by atoms with Crippen molar-refractivity contribution in [3.63, 3.8) is 0 Å². The lowest BCUT2D eigenvalue weighted by molar-refractivity contribution is -0.137. The van der Waals surface area contributed by atoms with Crippen LogP contribution >= 0.6 is 11.6 Å². The first-order chi connectivity index (χ1) is 9.81. The number of hydrogen-bond donors (Lipinski definition) is 1. The van der Waals surface area contributed by atoms with Crippen molar-refractivity contribution in [2.45, 2.75) is 6.18 Å². The second-order valence-electron chi connectivity index (χ2n) is 4.12. The molecule has 2 nitrogen and oxygen atoms in total. The fourth-order valence-electron chi connectivity index (χ4n) is 1.69. The van der Waals surface area contributed by atoms with Crippen LogP contribution in [0, 0.1) is 17.1 Å². The van der Waals surface area contributed by atoms with Crippen LogP contribution in [0.2, 0.25) is 5.02 Å². The highest BCUT2D eigenvalue weighted by Gasteiger charge is 2.33. The van der Waals surface area contributed by atoms with Gasteiger partial charge in [-0.05, 0) is 36.4 Å².